The topological polar surface area (TPSA) is 66.6 Å². The lowest BCUT2D eigenvalue weighted by atomic mass is 9.71. The SMILES string of the molecule is NC(=O)c1ccc(N2CCC3(CC2)CCN(c2cccc(Br)c2C=O)CC3)cc1F. The van der Waals surface area contributed by atoms with E-state index in [4.69, 9.17) is 5.73 Å². The van der Waals surface area contributed by atoms with Crippen molar-refractivity contribution >= 4 is 39.5 Å². The van der Waals surface area contributed by atoms with Crippen molar-refractivity contribution < 1.29 is 14.0 Å². The maximum atomic E-state index is 14.1. The van der Waals surface area contributed by atoms with E-state index in [9.17, 15) is 14.0 Å². The molecule has 2 fully saturated rings. The first-order valence-corrected chi connectivity index (χ1v) is 11.0. The quantitative estimate of drug-likeness (QED) is 0.668. The van der Waals surface area contributed by atoms with E-state index in [1.165, 1.54) is 12.1 Å². The number of halogens is 2. The van der Waals surface area contributed by atoms with Crippen LogP contribution in [0.5, 0.6) is 0 Å². The van der Waals surface area contributed by atoms with E-state index >= 15 is 0 Å². The molecule has 2 N–H and O–H groups in total. The van der Waals surface area contributed by atoms with Crippen molar-refractivity contribution in [2.75, 3.05) is 36.0 Å². The van der Waals surface area contributed by atoms with Gasteiger partial charge in [0.15, 0.2) is 6.29 Å². The van der Waals surface area contributed by atoms with Crippen molar-refractivity contribution in [1.82, 2.24) is 0 Å². The minimum atomic E-state index is -0.744. The van der Waals surface area contributed by atoms with Crippen molar-refractivity contribution in [3.05, 3.63) is 57.8 Å². The number of amides is 1. The van der Waals surface area contributed by atoms with Crippen LogP contribution in [0.4, 0.5) is 15.8 Å². The Hall–Kier alpha value is -2.41. The summed E-state index contributed by atoms with van der Waals surface area (Å²) in [6.45, 7) is 3.59. The van der Waals surface area contributed by atoms with Gasteiger partial charge in [-0.2, -0.15) is 0 Å². The Kier molecular flexibility index (Phi) is 5.82. The highest BCUT2D eigenvalue weighted by atomic mass is 79.9. The van der Waals surface area contributed by atoms with Gasteiger partial charge in [0.05, 0.1) is 11.1 Å². The molecule has 5 nitrogen and oxygen atoms in total. The first-order chi connectivity index (χ1) is 14.4. The maximum absolute atomic E-state index is 14.1. The lowest BCUT2D eigenvalue weighted by Gasteiger charge is -2.48. The molecule has 2 heterocycles. The van der Waals surface area contributed by atoms with Crippen molar-refractivity contribution in [3.63, 3.8) is 0 Å². The number of carbonyl (C=O) groups is 2. The fourth-order valence-electron chi connectivity index (χ4n) is 4.78. The highest BCUT2D eigenvalue weighted by molar-refractivity contribution is 9.10. The van der Waals surface area contributed by atoms with E-state index in [-0.39, 0.29) is 5.56 Å². The first-order valence-electron chi connectivity index (χ1n) is 10.3. The highest BCUT2D eigenvalue weighted by Gasteiger charge is 2.38. The zero-order valence-corrected chi connectivity index (χ0v) is 18.3. The van der Waals surface area contributed by atoms with Crippen LogP contribution in [0.1, 0.15) is 46.4 Å². The van der Waals surface area contributed by atoms with Crippen molar-refractivity contribution in [1.29, 1.82) is 0 Å². The minimum absolute atomic E-state index is 0.0677. The Morgan fingerprint density at radius 3 is 2.23 bits per heavy atom. The van der Waals surface area contributed by atoms with E-state index in [1.54, 1.807) is 6.07 Å². The number of primary amides is 1. The molecular formula is C23H25BrFN3O2. The molecule has 2 aromatic rings. The normalized spacial score (nSPS) is 18.5. The van der Waals surface area contributed by atoms with Gasteiger partial charge in [-0.1, -0.05) is 6.07 Å². The summed E-state index contributed by atoms with van der Waals surface area (Å²) in [6.07, 6.45) is 5.20. The van der Waals surface area contributed by atoms with Crippen LogP contribution in [0.3, 0.4) is 0 Å². The number of hydrogen-bond donors (Lipinski definition) is 1. The number of aldehydes is 1. The summed E-state index contributed by atoms with van der Waals surface area (Å²) in [4.78, 5) is 27.3. The monoisotopic (exact) mass is 473 g/mol. The first kappa shape index (κ1) is 20.8. The largest absolute Gasteiger partial charge is 0.371 e. The highest BCUT2D eigenvalue weighted by Crippen LogP contribution is 2.43. The predicted molar refractivity (Wildman–Crippen MR) is 120 cm³/mol. The number of nitrogens with two attached hydrogens (primary N) is 1. The number of rotatable bonds is 4. The molecule has 0 aromatic heterocycles. The van der Waals surface area contributed by atoms with Gasteiger partial charge in [0.25, 0.3) is 5.91 Å². The second-order valence-corrected chi connectivity index (χ2v) is 9.15. The number of hydrogen-bond acceptors (Lipinski definition) is 4. The minimum Gasteiger partial charge on any atom is -0.371 e. The molecule has 0 unspecified atom stereocenters. The zero-order chi connectivity index (χ0) is 21.3. The van der Waals surface area contributed by atoms with Gasteiger partial charge < -0.3 is 15.5 Å². The zero-order valence-electron chi connectivity index (χ0n) is 16.7. The average molecular weight is 474 g/mol. The molecule has 0 bridgehead atoms. The standard InChI is InChI=1S/C23H25BrFN3O2/c24-19-2-1-3-21(18(19)15-29)28-12-8-23(9-13-28)6-10-27(11-7-23)16-4-5-17(22(26)30)20(25)14-16/h1-5,14-15H,6-13H2,(H2,26,30). The third kappa shape index (κ3) is 3.95. The molecule has 1 spiro atoms. The molecule has 0 saturated carbocycles. The number of benzene rings is 2. The molecule has 2 aliphatic heterocycles. The van der Waals surface area contributed by atoms with Gasteiger partial charge in [-0.25, -0.2) is 4.39 Å². The average Bonchev–Trinajstić information content (AvgIpc) is 2.74. The van der Waals surface area contributed by atoms with Gasteiger partial charge in [0.1, 0.15) is 5.82 Å². The van der Waals surface area contributed by atoms with E-state index in [2.05, 4.69) is 25.7 Å². The molecule has 2 aliphatic rings. The third-order valence-corrected chi connectivity index (χ3v) is 7.41. The summed E-state index contributed by atoms with van der Waals surface area (Å²) in [6, 6.07) is 10.5. The summed E-state index contributed by atoms with van der Waals surface area (Å²) in [5.74, 6) is -1.31. The number of piperidine rings is 2. The van der Waals surface area contributed by atoms with Gasteiger partial charge in [0, 0.05) is 42.0 Å². The predicted octanol–water partition coefficient (Wildman–Crippen LogP) is 4.39. The Balaban J connectivity index is 1.39. The molecule has 0 atom stereocenters. The summed E-state index contributed by atoms with van der Waals surface area (Å²) >= 11 is 3.47. The number of nitrogens with zero attached hydrogens (tertiary/aromatic N) is 2. The van der Waals surface area contributed by atoms with Crippen molar-refractivity contribution in [3.8, 4) is 0 Å². The Labute approximate surface area is 184 Å². The lowest BCUT2D eigenvalue weighted by Crippen LogP contribution is -2.47. The summed E-state index contributed by atoms with van der Waals surface area (Å²) in [7, 11) is 0. The van der Waals surface area contributed by atoms with Crippen LogP contribution in [0.15, 0.2) is 40.9 Å². The van der Waals surface area contributed by atoms with Gasteiger partial charge in [-0.3, -0.25) is 9.59 Å². The molecule has 2 aromatic carbocycles. The van der Waals surface area contributed by atoms with Crippen molar-refractivity contribution in [2.45, 2.75) is 25.7 Å². The number of anilines is 2. The summed E-state index contributed by atoms with van der Waals surface area (Å²) in [5.41, 5.74) is 7.94. The van der Waals surface area contributed by atoms with E-state index in [0.29, 0.717) is 11.0 Å². The van der Waals surface area contributed by atoms with Crippen LogP contribution >= 0.6 is 15.9 Å². The maximum Gasteiger partial charge on any atom is 0.251 e. The molecule has 0 aliphatic carbocycles. The lowest BCUT2D eigenvalue weighted by molar-refractivity contribution is 0.0996. The van der Waals surface area contributed by atoms with Crippen LogP contribution in [-0.4, -0.2) is 38.4 Å². The second kappa shape index (κ2) is 8.38. The fraction of sp³-hybridized carbons (Fsp3) is 0.391. The molecule has 2 saturated heterocycles. The molecule has 158 valence electrons. The van der Waals surface area contributed by atoms with Crippen LogP contribution < -0.4 is 15.5 Å². The Morgan fingerprint density at radius 2 is 1.67 bits per heavy atom. The molecule has 4 rings (SSSR count). The molecular weight excluding hydrogens is 449 g/mol. The van der Waals surface area contributed by atoms with Crippen molar-refractivity contribution in [2.24, 2.45) is 11.1 Å². The number of carbonyl (C=O) groups excluding carboxylic acids is 2. The van der Waals surface area contributed by atoms with Crippen LogP contribution in [0.25, 0.3) is 0 Å². The van der Waals surface area contributed by atoms with Gasteiger partial charge in [-0.05, 0) is 77.4 Å². The van der Waals surface area contributed by atoms with Gasteiger partial charge >= 0.3 is 0 Å². The van der Waals surface area contributed by atoms with Crippen LogP contribution in [0.2, 0.25) is 0 Å². The molecule has 0 radical (unpaired) electrons. The smallest absolute Gasteiger partial charge is 0.251 e. The van der Waals surface area contributed by atoms with Crippen LogP contribution in [0, 0.1) is 11.2 Å². The molecule has 30 heavy (non-hydrogen) atoms. The molecule has 7 heteroatoms. The second-order valence-electron chi connectivity index (χ2n) is 8.29. The third-order valence-electron chi connectivity index (χ3n) is 6.72. The Morgan fingerprint density at radius 1 is 1.03 bits per heavy atom. The van der Waals surface area contributed by atoms with E-state index in [0.717, 1.165) is 74.0 Å². The Bertz CT molecular complexity index is 963. The van der Waals surface area contributed by atoms with Crippen LogP contribution in [-0.2, 0) is 0 Å². The van der Waals surface area contributed by atoms with Gasteiger partial charge in [-0.15, -0.1) is 0 Å². The van der Waals surface area contributed by atoms with Gasteiger partial charge in [0.2, 0.25) is 0 Å². The summed E-state index contributed by atoms with van der Waals surface area (Å²) in [5, 5.41) is 0. The molecule has 1 amide bonds. The summed E-state index contributed by atoms with van der Waals surface area (Å²) < 4.78 is 15.0. The van der Waals surface area contributed by atoms with E-state index < -0.39 is 11.7 Å². The fourth-order valence-corrected chi connectivity index (χ4v) is 5.23. The van der Waals surface area contributed by atoms with E-state index in [1.807, 2.05) is 18.2 Å².